The maximum Gasteiger partial charge on any atom is 0.171 e. The summed E-state index contributed by atoms with van der Waals surface area (Å²) in [6, 6.07) is 2.33. The van der Waals surface area contributed by atoms with Crippen molar-refractivity contribution >= 4 is 0 Å². The zero-order valence-corrected chi connectivity index (χ0v) is 10.4. The van der Waals surface area contributed by atoms with Crippen LogP contribution in [0.15, 0.2) is 18.5 Å². The molecule has 84 valence electrons. The van der Waals surface area contributed by atoms with Gasteiger partial charge in [-0.15, -0.1) is 0 Å². The molecule has 1 aromatic rings. The Morgan fingerprint density at radius 3 is 2.00 bits per heavy atom. The maximum atomic E-state index is 2.37. The fraction of sp³-hybridized carbons (Fsp3) is 0.643. The molecule has 0 aliphatic rings. The molecule has 0 fully saturated rings. The summed E-state index contributed by atoms with van der Waals surface area (Å²) in [5.74, 6) is 0. The first-order valence-corrected chi connectivity index (χ1v) is 6.32. The fourth-order valence-corrected chi connectivity index (χ4v) is 1.84. The predicted molar refractivity (Wildman–Crippen MR) is 64.9 cm³/mol. The van der Waals surface area contributed by atoms with Crippen molar-refractivity contribution in [2.45, 2.75) is 59.4 Å². The van der Waals surface area contributed by atoms with Crippen LogP contribution in [0.25, 0.3) is 0 Å². The van der Waals surface area contributed by atoms with Gasteiger partial charge in [-0.1, -0.05) is 27.2 Å². The van der Waals surface area contributed by atoms with E-state index in [1.54, 1.807) is 0 Å². The first kappa shape index (κ1) is 12.2. The van der Waals surface area contributed by atoms with Gasteiger partial charge in [0.15, 0.2) is 12.4 Å². The summed E-state index contributed by atoms with van der Waals surface area (Å²) < 4.78 is 2.37. The lowest BCUT2D eigenvalue weighted by Gasteiger charge is -2.02. The van der Waals surface area contributed by atoms with E-state index < -0.39 is 0 Å². The van der Waals surface area contributed by atoms with E-state index in [9.17, 15) is 0 Å². The lowest BCUT2D eigenvalue weighted by molar-refractivity contribution is -0.698. The smallest absolute Gasteiger partial charge is 0.171 e. The lowest BCUT2D eigenvalue weighted by Crippen LogP contribution is -2.34. The van der Waals surface area contributed by atoms with Crippen LogP contribution in [0.5, 0.6) is 0 Å². The number of rotatable bonds is 6. The van der Waals surface area contributed by atoms with Crippen molar-refractivity contribution in [1.29, 1.82) is 0 Å². The van der Waals surface area contributed by atoms with Gasteiger partial charge < -0.3 is 0 Å². The molecule has 0 saturated carbocycles. The monoisotopic (exact) mass is 206 g/mol. The van der Waals surface area contributed by atoms with Crippen molar-refractivity contribution in [3.05, 3.63) is 29.6 Å². The molecule has 0 amide bonds. The van der Waals surface area contributed by atoms with Gasteiger partial charge in [0.05, 0.1) is 0 Å². The molecule has 0 bridgehead atoms. The molecule has 0 atom stereocenters. The highest BCUT2D eigenvalue weighted by atomic mass is 14.9. The van der Waals surface area contributed by atoms with E-state index in [0.717, 1.165) is 12.8 Å². The van der Waals surface area contributed by atoms with Gasteiger partial charge in [0.1, 0.15) is 6.54 Å². The Morgan fingerprint density at radius 2 is 1.53 bits per heavy atom. The van der Waals surface area contributed by atoms with Crippen molar-refractivity contribution < 1.29 is 4.57 Å². The second kappa shape index (κ2) is 6.60. The Balaban J connectivity index is 2.68. The van der Waals surface area contributed by atoms with Crippen LogP contribution < -0.4 is 4.57 Å². The molecule has 0 N–H and O–H groups in total. The quantitative estimate of drug-likeness (QED) is 0.497. The number of hydrogen-bond acceptors (Lipinski definition) is 0. The minimum Gasteiger partial charge on any atom is -0.205 e. The summed E-state index contributed by atoms with van der Waals surface area (Å²) in [4.78, 5) is 0. The molecule has 0 unspecified atom stereocenters. The molecule has 0 aliphatic carbocycles. The second-order valence-corrected chi connectivity index (χ2v) is 4.20. The van der Waals surface area contributed by atoms with Crippen LogP contribution in [0.4, 0.5) is 0 Å². The summed E-state index contributed by atoms with van der Waals surface area (Å²) >= 11 is 0. The van der Waals surface area contributed by atoms with E-state index in [4.69, 9.17) is 0 Å². The third-order valence-electron chi connectivity index (χ3n) is 2.87. The number of pyridine rings is 1. The fourth-order valence-electron chi connectivity index (χ4n) is 1.84. The largest absolute Gasteiger partial charge is 0.205 e. The molecule has 1 heterocycles. The zero-order chi connectivity index (χ0) is 11.1. The summed E-state index contributed by atoms with van der Waals surface area (Å²) in [7, 11) is 0. The average Bonchev–Trinajstić information content (AvgIpc) is 2.29. The van der Waals surface area contributed by atoms with Crippen LogP contribution in [-0.2, 0) is 19.4 Å². The molecule has 15 heavy (non-hydrogen) atoms. The van der Waals surface area contributed by atoms with E-state index in [2.05, 4.69) is 43.8 Å². The number of unbranched alkanes of at least 4 members (excludes halogenated alkanes) is 2. The number of aromatic nitrogens is 1. The Bertz CT molecular complexity index is 269. The topological polar surface area (TPSA) is 3.88 Å². The van der Waals surface area contributed by atoms with Crippen LogP contribution in [0, 0.1) is 0 Å². The molecule has 0 aliphatic heterocycles. The SMILES string of the molecule is CCCCC[n+]1cc(CC)cc(CC)c1. The lowest BCUT2D eigenvalue weighted by atomic mass is 10.1. The second-order valence-electron chi connectivity index (χ2n) is 4.20. The van der Waals surface area contributed by atoms with Gasteiger partial charge in [-0.2, -0.15) is 0 Å². The van der Waals surface area contributed by atoms with Crippen molar-refractivity contribution in [3.63, 3.8) is 0 Å². The standard InChI is InChI=1S/C14H24N/c1-4-7-8-9-15-11-13(5-2)10-14(6-3)12-15/h10-12H,4-9H2,1-3H3/q+1. The number of hydrogen-bond donors (Lipinski definition) is 0. The third kappa shape index (κ3) is 4.03. The Morgan fingerprint density at radius 1 is 0.933 bits per heavy atom. The van der Waals surface area contributed by atoms with E-state index in [0.29, 0.717) is 0 Å². The van der Waals surface area contributed by atoms with Crippen molar-refractivity contribution in [2.75, 3.05) is 0 Å². The summed E-state index contributed by atoms with van der Waals surface area (Å²) in [5.41, 5.74) is 2.93. The molecule has 1 nitrogen and oxygen atoms in total. The molecule has 1 heteroatoms. The van der Waals surface area contributed by atoms with Crippen molar-refractivity contribution in [2.24, 2.45) is 0 Å². The van der Waals surface area contributed by atoms with Gasteiger partial charge >= 0.3 is 0 Å². The molecule has 0 spiro atoms. The Labute approximate surface area is 94.1 Å². The van der Waals surface area contributed by atoms with Crippen LogP contribution >= 0.6 is 0 Å². The van der Waals surface area contributed by atoms with Gasteiger partial charge in [-0.25, -0.2) is 4.57 Å². The highest BCUT2D eigenvalue weighted by Gasteiger charge is 2.05. The number of nitrogens with zero attached hydrogens (tertiary/aromatic N) is 1. The molecular weight excluding hydrogens is 182 g/mol. The molecule has 0 aromatic carbocycles. The van der Waals surface area contributed by atoms with Crippen molar-refractivity contribution in [1.82, 2.24) is 0 Å². The highest BCUT2D eigenvalue weighted by Crippen LogP contribution is 2.03. The molecular formula is C14H24N+. The minimum atomic E-state index is 1.14. The molecule has 0 radical (unpaired) electrons. The molecule has 1 rings (SSSR count). The molecule has 1 aromatic heterocycles. The van der Waals surface area contributed by atoms with Gasteiger partial charge in [-0.3, -0.25) is 0 Å². The summed E-state index contributed by atoms with van der Waals surface area (Å²) in [5, 5.41) is 0. The zero-order valence-electron chi connectivity index (χ0n) is 10.4. The van der Waals surface area contributed by atoms with Crippen LogP contribution in [0.1, 0.15) is 51.2 Å². The van der Waals surface area contributed by atoms with E-state index in [1.807, 2.05) is 0 Å². The van der Waals surface area contributed by atoms with E-state index in [-0.39, 0.29) is 0 Å². The highest BCUT2D eigenvalue weighted by molar-refractivity contribution is 5.14. The van der Waals surface area contributed by atoms with E-state index in [1.165, 1.54) is 36.9 Å². The minimum absolute atomic E-state index is 1.14. The average molecular weight is 206 g/mol. The third-order valence-corrected chi connectivity index (χ3v) is 2.87. The van der Waals surface area contributed by atoms with E-state index >= 15 is 0 Å². The van der Waals surface area contributed by atoms with Crippen molar-refractivity contribution in [3.8, 4) is 0 Å². The van der Waals surface area contributed by atoms with Gasteiger partial charge in [0, 0.05) is 17.5 Å². The molecule has 0 saturated heterocycles. The van der Waals surface area contributed by atoms with Crippen LogP contribution in [0.3, 0.4) is 0 Å². The summed E-state index contributed by atoms with van der Waals surface area (Å²) in [6.07, 6.45) is 10.8. The predicted octanol–water partition coefficient (Wildman–Crippen LogP) is 3.29. The van der Waals surface area contributed by atoms with Gasteiger partial charge in [0.2, 0.25) is 0 Å². The Hall–Kier alpha value is -0.850. The first-order valence-electron chi connectivity index (χ1n) is 6.32. The normalized spacial score (nSPS) is 10.6. The van der Waals surface area contributed by atoms with Gasteiger partial charge in [0.25, 0.3) is 0 Å². The van der Waals surface area contributed by atoms with Crippen LogP contribution in [0.2, 0.25) is 0 Å². The summed E-state index contributed by atoms with van der Waals surface area (Å²) in [6.45, 7) is 7.88. The van der Waals surface area contributed by atoms with Gasteiger partial charge in [-0.05, 0) is 25.3 Å². The first-order chi connectivity index (χ1) is 7.30. The van der Waals surface area contributed by atoms with Crippen LogP contribution in [-0.4, -0.2) is 0 Å². The number of aryl methyl sites for hydroxylation is 3. The maximum absolute atomic E-state index is 2.37. The Kier molecular flexibility index (Phi) is 5.38.